The molecule has 17 heavy (non-hydrogen) atoms. The fourth-order valence-corrected chi connectivity index (χ4v) is 1.18. The Morgan fingerprint density at radius 3 is 2.47 bits per heavy atom. The maximum atomic E-state index is 8.45. The van der Waals surface area contributed by atoms with Crippen LogP contribution in [0, 0.1) is 11.3 Å². The zero-order valence-corrected chi connectivity index (χ0v) is 10.5. The van der Waals surface area contributed by atoms with Crippen molar-refractivity contribution in [3.63, 3.8) is 0 Å². The molecule has 0 aliphatic rings. The Labute approximate surface area is 106 Å². The first-order chi connectivity index (χ1) is 7.90. The molecule has 0 bridgehead atoms. The summed E-state index contributed by atoms with van der Waals surface area (Å²) < 4.78 is 0. The van der Waals surface area contributed by atoms with E-state index in [2.05, 4.69) is 17.6 Å². The van der Waals surface area contributed by atoms with Crippen LogP contribution in [0.15, 0.2) is 28.2 Å². The molecule has 0 aromatic carbocycles. The number of unbranched alkanes of at least 4 members (excludes halogenated alkanes) is 1. The Bertz CT molecular complexity index is 375. The van der Waals surface area contributed by atoms with Crippen molar-refractivity contribution in [3.05, 3.63) is 23.3 Å². The van der Waals surface area contributed by atoms with Gasteiger partial charge in [-0.1, -0.05) is 18.2 Å². The van der Waals surface area contributed by atoms with Crippen molar-refractivity contribution in [2.75, 3.05) is 13.6 Å². The van der Waals surface area contributed by atoms with Crippen molar-refractivity contribution in [3.8, 4) is 6.07 Å². The quantitative estimate of drug-likeness (QED) is 0.284. The largest absolute Gasteiger partial charge is 0.393 e. The van der Waals surface area contributed by atoms with Gasteiger partial charge in [0.15, 0.2) is 5.84 Å². The normalized spacial score (nSPS) is 12.6. The van der Waals surface area contributed by atoms with Crippen LogP contribution in [0.5, 0.6) is 0 Å². The van der Waals surface area contributed by atoms with Crippen molar-refractivity contribution >= 4 is 17.4 Å². The molecule has 0 aromatic heterocycles. The number of likely N-dealkylation sites (N-methyl/N-ethyl adjacent to an activating group) is 1. The SMILES string of the molecule is C=C(N)/N=C(\C(N)=C(/N)Cl)N(C)CCCC#N. The number of amidine groups is 1. The van der Waals surface area contributed by atoms with Gasteiger partial charge in [-0.05, 0) is 6.42 Å². The van der Waals surface area contributed by atoms with E-state index in [1.165, 1.54) is 0 Å². The molecule has 6 nitrogen and oxygen atoms in total. The summed E-state index contributed by atoms with van der Waals surface area (Å²) in [6.45, 7) is 4.05. The standard InChI is InChI=1S/C10H17ClN6/c1-7(13)16-10(8(14)9(11)15)17(2)6-4-3-5-12/h1,3-4,6,13-15H2,2H3/b9-8+,16-10+. The molecule has 0 spiro atoms. The summed E-state index contributed by atoms with van der Waals surface area (Å²) in [7, 11) is 1.76. The second-order valence-electron chi connectivity index (χ2n) is 3.37. The zero-order chi connectivity index (χ0) is 13.4. The topological polar surface area (TPSA) is 117 Å². The predicted octanol–water partition coefficient (Wildman–Crippen LogP) is 0.376. The minimum absolute atomic E-state index is 0.0582. The molecule has 0 fully saturated rings. The van der Waals surface area contributed by atoms with E-state index in [4.69, 9.17) is 34.1 Å². The van der Waals surface area contributed by atoms with Crippen LogP contribution >= 0.6 is 11.6 Å². The van der Waals surface area contributed by atoms with Crippen molar-refractivity contribution in [1.82, 2.24) is 4.90 Å². The number of halogens is 1. The van der Waals surface area contributed by atoms with Crippen molar-refractivity contribution in [2.45, 2.75) is 12.8 Å². The van der Waals surface area contributed by atoms with E-state index in [1.54, 1.807) is 11.9 Å². The fourth-order valence-electron chi connectivity index (χ4n) is 1.10. The molecule has 0 saturated heterocycles. The Morgan fingerprint density at radius 2 is 2.06 bits per heavy atom. The van der Waals surface area contributed by atoms with Gasteiger partial charge in [0.1, 0.15) is 16.7 Å². The van der Waals surface area contributed by atoms with E-state index in [0.29, 0.717) is 25.2 Å². The van der Waals surface area contributed by atoms with E-state index < -0.39 is 0 Å². The van der Waals surface area contributed by atoms with Crippen molar-refractivity contribution in [2.24, 2.45) is 22.2 Å². The molecule has 94 valence electrons. The van der Waals surface area contributed by atoms with Gasteiger partial charge in [-0.3, -0.25) is 0 Å². The van der Waals surface area contributed by atoms with Gasteiger partial charge in [-0.15, -0.1) is 0 Å². The summed E-state index contributed by atoms with van der Waals surface area (Å²) in [6.07, 6.45) is 1.12. The average molecular weight is 257 g/mol. The van der Waals surface area contributed by atoms with Gasteiger partial charge < -0.3 is 22.1 Å². The molecule has 0 aromatic rings. The molecule has 0 radical (unpaired) electrons. The first kappa shape index (κ1) is 15.1. The van der Waals surface area contributed by atoms with Crippen LogP contribution in [0.2, 0.25) is 0 Å². The first-order valence-electron chi connectivity index (χ1n) is 4.92. The van der Waals surface area contributed by atoms with Gasteiger partial charge in [-0.2, -0.15) is 5.26 Å². The number of nitriles is 1. The Kier molecular flexibility index (Phi) is 6.60. The number of rotatable bonds is 5. The van der Waals surface area contributed by atoms with Crippen molar-refractivity contribution in [1.29, 1.82) is 5.26 Å². The minimum atomic E-state index is -0.0582. The maximum absolute atomic E-state index is 8.45. The van der Waals surface area contributed by atoms with Crippen LogP contribution in [0.25, 0.3) is 0 Å². The average Bonchev–Trinajstić information content (AvgIpc) is 2.24. The summed E-state index contributed by atoms with van der Waals surface area (Å²) in [5, 5.41) is 8.39. The highest BCUT2D eigenvalue weighted by molar-refractivity contribution is 6.31. The summed E-state index contributed by atoms with van der Waals surface area (Å²) in [6, 6.07) is 2.05. The summed E-state index contributed by atoms with van der Waals surface area (Å²) in [4.78, 5) is 5.69. The highest BCUT2D eigenvalue weighted by atomic mass is 35.5. The lowest BCUT2D eigenvalue weighted by molar-refractivity contribution is 0.490. The molecular weight excluding hydrogens is 240 g/mol. The molecule has 0 unspecified atom stereocenters. The summed E-state index contributed by atoms with van der Waals surface area (Å²) in [5.41, 5.74) is 16.6. The number of hydrogen-bond acceptors (Lipinski definition) is 5. The molecule has 0 aliphatic carbocycles. The molecule has 0 saturated carbocycles. The molecule has 0 rings (SSSR count). The Hall–Kier alpha value is -1.87. The third-order valence-corrected chi connectivity index (χ3v) is 2.09. The molecule has 0 aliphatic heterocycles. The molecular formula is C10H17ClN6. The van der Waals surface area contributed by atoms with E-state index in [1.807, 2.05) is 0 Å². The highest BCUT2D eigenvalue weighted by Gasteiger charge is 2.12. The third-order valence-electron chi connectivity index (χ3n) is 1.89. The van der Waals surface area contributed by atoms with Gasteiger partial charge in [-0.25, -0.2) is 4.99 Å². The fraction of sp³-hybridized carbons (Fsp3) is 0.400. The number of nitrogens with zero attached hydrogens (tertiary/aromatic N) is 3. The second-order valence-corrected chi connectivity index (χ2v) is 3.78. The molecule has 0 atom stereocenters. The maximum Gasteiger partial charge on any atom is 0.157 e. The van der Waals surface area contributed by atoms with Gasteiger partial charge in [0, 0.05) is 20.0 Å². The lowest BCUT2D eigenvalue weighted by Gasteiger charge is -2.21. The monoisotopic (exact) mass is 256 g/mol. The third kappa shape index (κ3) is 5.68. The highest BCUT2D eigenvalue weighted by Crippen LogP contribution is 2.06. The molecule has 0 heterocycles. The van der Waals surface area contributed by atoms with E-state index in [-0.39, 0.29) is 16.7 Å². The second kappa shape index (κ2) is 7.41. The van der Waals surface area contributed by atoms with Crippen LogP contribution in [-0.4, -0.2) is 24.3 Å². The number of hydrogen-bond donors (Lipinski definition) is 3. The molecule has 6 N–H and O–H groups in total. The van der Waals surface area contributed by atoms with Crippen LogP contribution < -0.4 is 17.2 Å². The first-order valence-corrected chi connectivity index (χ1v) is 5.30. The van der Waals surface area contributed by atoms with Crippen LogP contribution in [0.4, 0.5) is 0 Å². The van der Waals surface area contributed by atoms with Gasteiger partial charge in [0.2, 0.25) is 0 Å². The van der Waals surface area contributed by atoms with Crippen LogP contribution in [0.3, 0.4) is 0 Å². The van der Waals surface area contributed by atoms with Crippen LogP contribution in [-0.2, 0) is 0 Å². The lowest BCUT2D eigenvalue weighted by atomic mass is 10.3. The number of aliphatic imine (C=N–C) groups is 1. The number of nitrogens with two attached hydrogens (primary N) is 3. The Morgan fingerprint density at radius 1 is 1.47 bits per heavy atom. The minimum Gasteiger partial charge on any atom is -0.393 e. The molecule has 0 amide bonds. The predicted molar refractivity (Wildman–Crippen MR) is 69.5 cm³/mol. The van der Waals surface area contributed by atoms with Crippen molar-refractivity contribution < 1.29 is 0 Å². The van der Waals surface area contributed by atoms with E-state index >= 15 is 0 Å². The zero-order valence-electron chi connectivity index (χ0n) is 9.78. The lowest BCUT2D eigenvalue weighted by Crippen LogP contribution is -2.34. The van der Waals surface area contributed by atoms with E-state index in [0.717, 1.165) is 0 Å². The Balaban J connectivity index is 4.90. The van der Waals surface area contributed by atoms with Crippen LogP contribution in [0.1, 0.15) is 12.8 Å². The summed E-state index contributed by atoms with van der Waals surface area (Å²) >= 11 is 5.61. The van der Waals surface area contributed by atoms with Gasteiger partial charge in [0.05, 0.1) is 6.07 Å². The van der Waals surface area contributed by atoms with Gasteiger partial charge >= 0.3 is 0 Å². The summed E-state index contributed by atoms with van der Waals surface area (Å²) in [5.74, 6) is 0.455. The smallest absolute Gasteiger partial charge is 0.157 e. The van der Waals surface area contributed by atoms with E-state index in [9.17, 15) is 0 Å². The molecule has 7 heteroatoms. The van der Waals surface area contributed by atoms with Gasteiger partial charge in [0.25, 0.3) is 0 Å².